The van der Waals surface area contributed by atoms with Crippen LogP contribution in [-0.4, -0.2) is 22.3 Å². The summed E-state index contributed by atoms with van der Waals surface area (Å²) in [7, 11) is 0. The minimum Gasteiger partial charge on any atom is -0.281 e. The van der Waals surface area contributed by atoms with Crippen molar-refractivity contribution in [3.63, 3.8) is 0 Å². The second-order valence-corrected chi connectivity index (χ2v) is 5.57. The Morgan fingerprint density at radius 2 is 2.19 bits per heavy atom. The highest BCUT2D eigenvalue weighted by Gasteiger charge is 2.22. The lowest BCUT2D eigenvalue weighted by molar-refractivity contribution is 0.0949. The molecular formula is C14H12Cl2N4O. The summed E-state index contributed by atoms with van der Waals surface area (Å²) < 4.78 is 0. The summed E-state index contributed by atoms with van der Waals surface area (Å²) in [5.41, 5.74) is 5.69. The number of aromatic nitrogens is 2. The molecule has 1 amide bonds. The van der Waals surface area contributed by atoms with Crippen molar-refractivity contribution in [1.82, 2.24) is 15.6 Å². The van der Waals surface area contributed by atoms with Crippen molar-refractivity contribution in [3.8, 4) is 0 Å². The van der Waals surface area contributed by atoms with Crippen molar-refractivity contribution in [2.45, 2.75) is 19.3 Å². The van der Waals surface area contributed by atoms with Gasteiger partial charge in [0.15, 0.2) is 5.69 Å². The van der Waals surface area contributed by atoms with Gasteiger partial charge in [-0.1, -0.05) is 29.3 Å². The maximum Gasteiger partial charge on any atom is 0.292 e. The van der Waals surface area contributed by atoms with Gasteiger partial charge in [-0.3, -0.25) is 9.89 Å². The number of rotatable bonds is 3. The zero-order chi connectivity index (χ0) is 14.8. The van der Waals surface area contributed by atoms with E-state index in [0.29, 0.717) is 15.7 Å². The van der Waals surface area contributed by atoms with E-state index in [9.17, 15) is 4.79 Å². The van der Waals surface area contributed by atoms with Crippen molar-refractivity contribution in [1.29, 1.82) is 0 Å². The van der Waals surface area contributed by atoms with Crippen LogP contribution in [0.15, 0.2) is 23.3 Å². The Hall–Kier alpha value is -1.85. The minimum absolute atomic E-state index is 0.314. The highest BCUT2D eigenvalue weighted by Crippen LogP contribution is 2.23. The fourth-order valence-electron chi connectivity index (χ4n) is 2.32. The average Bonchev–Trinajstić information content (AvgIpc) is 3.05. The molecule has 0 spiro atoms. The SMILES string of the molecule is O=C(N/N=C/c1ccc(Cl)c(Cl)c1)c1n[nH]c2c1CCC2. The zero-order valence-electron chi connectivity index (χ0n) is 11.0. The van der Waals surface area contributed by atoms with Crippen LogP contribution in [0.2, 0.25) is 10.0 Å². The Labute approximate surface area is 131 Å². The molecule has 2 N–H and O–H groups in total. The van der Waals surface area contributed by atoms with Crippen molar-refractivity contribution in [2.24, 2.45) is 5.10 Å². The minimum atomic E-state index is -0.314. The molecule has 1 heterocycles. The molecule has 2 aromatic rings. The number of hydrazone groups is 1. The van der Waals surface area contributed by atoms with Gasteiger partial charge in [-0.05, 0) is 37.0 Å². The lowest BCUT2D eigenvalue weighted by Gasteiger charge is -1.99. The molecule has 0 radical (unpaired) electrons. The molecule has 0 saturated heterocycles. The summed E-state index contributed by atoms with van der Waals surface area (Å²) in [6.07, 6.45) is 4.39. The molecule has 0 fully saturated rings. The molecular weight excluding hydrogens is 311 g/mol. The largest absolute Gasteiger partial charge is 0.292 e. The van der Waals surface area contributed by atoms with E-state index in [0.717, 1.165) is 36.1 Å². The number of fused-ring (bicyclic) bond motifs is 1. The highest BCUT2D eigenvalue weighted by molar-refractivity contribution is 6.42. The second kappa shape index (κ2) is 5.87. The van der Waals surface area contributed by atoms with Crippen molar-refractivity contribution >= 4 is 35.3 Å². The Balaban J connectivity index is 1.68. The van der Waals surface area contributed by atoms with Crippen molar-refractivity contribution in [2.75, 3.05) is 0 Å². The van der Waals surface area contributed by atoms with Crippen LogP contribution in [0, 0.1) is 0 Å². The fourth-order valence-corrected chi connectivity index (χ4v) is 2.62. The Kier molecular flexibility index (Phi) is 3.94. The third-order valence-electron chi connectivity index (χ3n) is 3.34. The van der Waals surface area contributed by atoms with E-state index in [1.165, 1.54) is 6.21 Å². The number of aryl methyl sites for hydroxylation is 1. The summed E-state index contributed by atoms with van der Waals surface area (Å²) in [4.78, 5) is 12.0. The molecule has 21 heavy (non-hydrogen) atoms. The third-order valence-corrected chi connectivity index (χ3v) is 4.08. The lowest BCUT2D eigenvalue weighted by atomic mass is 10.2. The van der Waals surface area contributed by atoms with E-state index in [-0.39, 0.29) is 5.91 Å². The number of halogens is 2. The van der Waals surface area contributed by atoms with Crippen LogP contribution in [-0.2, 0) is 12.8 Å². The number of H-pyrrole nitrogens is 1. The summed E-state index contributed by atoms with van der Waals surface area (Å²) in [5, 5.41) is 11.8. The number of hydrogen-bond donors (Lipinski definition) is 2. The molecule has 1 aliphatic carbocycles. The van der Waals surface area contributed by atoms with Gasteiger partial charge in [0.05, 0.1) is 16.3 Å². The van der Waals surface area contributed by atoms with Gasteiger partial charge in [0.2, 0.25) is 0 Å². The molecule has 1 aliphatic rings. The summed E-state index contributed by atoms with van der Waals surface area (Å²) >= 11 is 11.7. The number of carbonyl (C=O) groups excluding carboxylic acids is 1. The number of nitrogens with one attached hydrogen (secondary N) is 2. The number of hydrogen-bond acceptors (Lipinski definition) is 3. The molecule has 0 bridgehead atoms. The standard InChI is InChI=1S/C14H12Cl2N4O/c15-10-5-4-8(6-11(10)16)7-17-20-14(21)13-9-2-1-3-12(9)18-19-13/h4-7H,1-3H2,(H,18,19)(H,20,21)/b17-7+. The Morgan fingerprint density at radius 1 is 1.33 bits per heavy atom. The molecule has 0 aliphatic heterocycles. The first-order chi connectivity index (χ1) is 10.1. The van der Waals surface area contributed by atoms with Gasteiger partial charge in [-0.2, -0.15) is 10.2 Å². The molecule has 1 aromatic carbocycles. The Bertz CT molecular complexity index is 724. The summed E-state index contributed by atoms with van der Waals surface area (Å²) in [5.74, 6) is -0.314. The van der Waals surface area contributed by atoms with Gasteiger partial charge in [-0.25, -0.2) is 5.43 Å². The normalized spacial score (nSPS) is 13.6. The van der Waals surface area contributed by atoms with E-state index in [2.05, 4.69) is 20.7 Å². The third kappa shape index (κ3) is 2.94. The van der Waals surface area contributed by atoms with Crippen LogP contribution < -0.4 is 5.43 Å². The maximum atomic E-state index is 12.0. The van der Waals surface area contributed by atoms with Gasteiger partial charge in [0.25, 0.3) is 5.91 Å². The van der Waals surface area contributed by atoms with Crippen LogP contribution in [0.3, 0.4) is 0 Å². The van der Waals surface area contributed by atoms with Crippen molar-refractivity contribution < 1.29 is 4.79 Å². The van der Waals surface area contributed by atoms with Crippen molar-refractivity contribution in [3.05, 3.63) is 50.8 Å². The van der Waals surface area contributed by atoms with E-state index < -0.39 is 0 Å². The number of aromatic amines is 1. The predicted molar refractivity (Wildman–Crippen MR) is 82.1 cm³/mol. The van der Waals surface area contributed by atoms with Crippen LogP contribution >= 0.6 is 23.2 Å². The first-order valence-electron chi connectivity index (χ1n) is 6.49. The smallest absolute Gasteiger partial charge is 0.281 e. The van der Waals surface area contributed by atoms with Gasteiger partial charge in [-0.15, -0.1) is 0 Å². The topological polar surface area (TPSA) is 70.1 Å². The van der Waals surface area contributed by atoms with Crippen LogP contribution in [0.1, 0.15) is 33.7 Å². The summed E-state index contributed by atoms with van der Waals surface area (Å²) in [6.45, 7) is 0. The molecule has 0 atom stereocenters. The lowest BCUT2D eigenvalue weighted by Crippen LogP contribution is -2.19. The monoisotopic (exact) mass is 322 g/mol. The first kappa shape index (κ1) is 14.1. The van der Waals surface area contributed by atoms with Gasteiger partial charge < -0.3 is 0 Å². The molecule has 1 aromatic heterocycles. The van der Waals surface area contributed by atoms with E-state index in [1.54, 1.807) is 18.2 Å². The van der Waals surface area contributed by atoms with Crippen LogP contribution in [0.25, 0.3) is 0 Å². The molecule has 7 heteroatoms. The number of amides is 1. The fraction of sp³-hybridized carbons (Fsp3) is 0.214. The molecule has 5 nitrogen and oxygen atoms in total. The number of nitrogens with zero attached hydrogens (tertiary/aromatic N) is 2. The van der Waals surface area contributed by atoms with E-state index in [1.807, 2.05) is 0 Å². The van der Waals surface area contributed by atoms with Gasteiger partial charge >= 0.3 is 0 Å². The quantitative estimate of drug-likeness (QED) is 0.673. The highest BCUT2D eigenvalue weighted by atomic mass is 35.5. The average molecular weight is 323 g/mol. The first-order valence-corrected chi connectivity index (χ1v) is 7.25. The van der Waals surface area contributed by atoms with Gasteiger partial charge in [0.1, 0.15) is 0 Å². The Morgan fingerprint density at radius 3 is 3.00 bits per heavy atom. The molecule has 108 valence electrons. The van der Waals surface area contributed by atoms with Gasteiger partial charge in [0, 0.05) is 11.3 Å². The summed E-state index contributed by atoms with van der Waals surface area (Å²) in [6, 6.07) is 5.11. The van der Waals surface area contributed by atoms with E-state index >= 15 is 0 Å². The molecule has 3 rings (SSSR count). The maximum absolute atomic E-state index is 12.0. The van der Waals surface area contributed by atoms with Crippen LogP contribution in [0.5, 0.6) is 0 Å². The molecule has 0 saturated carbocycles. The van der Waals surface area contributed by atoms with Crippen LogP contribution in [0.4, 0.5) is 0 Å². The number of benzene rings is 1. The molecule has 0 unspecified atom stereocenters. The zero-order valence-corrected chi connectivity index (χ0v) is 12.5. The number of carbonyl (C=O) groups is 1. The second-order valence-electron chi connectivity index (χ2n) is 4.76. The predicted octanol–water partition coefficient (Wildman–Crippen LogP) is 2.97. The van der Waals surface area contributed by atoms with E-state index in [4.69, 9.17) is 23.2 Å².